The molecule has 4 nitrogen and oxygen atoms in total. The van der Waals surface area contributed by atoms with Crippen LogP contribution in [-0.2, 0) is 10.2 Å². The summed E-state index contributed by atoms with van der Waals surface area (Å²) in [5.41, 5.74) is 0.545. The molecule has 0 radical (unpaired) electrons. The van der Waals surface area contributed by atoms with E-state index in [4.69, 9.17) is 4.74 Å². The summed E-state index contributed by atoms with van der Waals surface area (Å²) < 4.78 is 5.77. The van der Waals surface area contributed by atoms with Crippen molar-refractivity contribution < 1.29 is 9.53 Å². The van der Waals surface area contributed by atoms with E-state index in [9.17, 15) is 4.79 Å². The Bertz CT molecular complexity index is 618. The molecule has 1 heterocycles. The number of nitrogens with one attached hydrogen (secondary N) is 1. The highest BCUT2D eigenvalue weighted by Gasteiger charge is 2.35. The summed E-state index contributed by atoms with van der Waals surface area (Å²) in [7, 11) is 0. The van der Waals surface area contributed by atoms with Crippen LogP contribution in [-0.4, -0.2) is 43.1 Å². The van der Waals surface area contributed by atoms with E-state index in [2.05, 4.69) is 24.1 Å². The van der Waals surface area contributed by atoms with Crippen molar-refractivity contribution in [3.63, 3.8) is 0 Å². The molecule has 1 N–H and O–H groups in total. The van der Waals surface area contributed by atoms with Gasteiger partial charge in [-0.15, -0.1) is 12.4 Å². The third-order valence-electron chi connectivity index (χ3n) is 5.87. The quantitative estimate of drug-likeness (QED) is 0.692. The third-order valence-corrected chi connectivity index (χ3v) is 5.87. The summed E-state index contributed by atoms with van der Waals surface area (Å²) in [4.78, 5) is 15.2. The van der Waals surface area contributed by atoms with Crippen molar-refractivity contribution in [1.29, 1.82) is 0 Å². The molecule has 158 valence electrons. The van der Waals surface area contributed by atoms with Gasteiger partial charge >= 0.3 is 0 Å². The minimum absolute atomic E-state index is 0. The lowest BCUT2D eigenvalue weighted by atomic mass is 9.82. The van der Waals surface area contributed by atoms with Crippen LogP contribution in [0.5, 0.6) is 5.75 Å². The summed E-state index contributed by atoms with van der Waals surface area (Å²) in [6, 6.07) is 8.63. The van der Waals surface area contributed by atoms with Gasteiger partial charge in [0, 0.05) is 19.1 Å². The fourth-order valence-electron chi connectivity index (χ4n) is 3.69. The Morgan fingerprint density at radius 2 is 1.75 bits per heavy atom. The molecule has 1 aromatic rings. The summed E-state index contributed by atoms with van der Waals surface area (Å²) in [6.45, 7) is 12.0. The van der Waals surface area contributed by atoms with Gasteiger partial charge in [0.05, 0.1) is 12.0 Å². The Morgan fingerprint density at radius 3 is 2.29 bits per heavy atom. The maximum Gasteiger partial charge on any atom is 0.232 e. The van der Waals surface area contributed by atoms with Gasteiger partial charge in [0.25, 0.3) is 0 Å². The van der Waals surface area contributed by atoms with Crippen LogP contribution in [0.25, 0.3) is 0 Å². The van der Waals surface area contributed by atoms with Crippen molar-refractivity contribution >= 4 is 18.3 Å². The largest absolute Gasteiger partial charge is 0.493 e. The normalized spacial score (nSPS) is 18.1. The number of piperidine rings is 1. The van der Waals surface area contributed by atoms with Crippen LogP contribution >= 0.6 is 12.4 Å². The lowest BCUT2D eigenvalue weighted by molar-refractivity contribution is -0.137. The molecule has 0 aromatic heterocycles. The van der Waals surface area contributed by atoms with Crippen LogP contribution in [0.2, 0.25) is 0 Å². The first kappa shape index (κ1) is 23.0. The van der Waals surface area contributed by atoms with Crippen molar-refractivity contribution in [1.82, 2.24) is 10.2 Å². The number of hydrogen-bond acceptors (Lipinski definition) is 3. The molecule has 2 aliphatic rings. The molecule has 0 unspecified atom stereocenters. The van der Waals surface area contributed by atoms with Gasteiger partial charge in [-0.05, 0) is 75.6 Å². The number of benzene rings is 1. The van der Waals surface area contributed by atoms with Crippen LogP contribution < -0.4 is 10.1 Å². The Labute approximate surface area is 176 Å². The Kier molecular flexibility index (Phi) is 8.20. The first-order valence-electron chi connectivity index (χ1n) is 10.6. The van der Waals surface area contributed by atoms with Crippen LogP contribution in [0, 0.1) is 11.8 Å². The monoisotopic (exact) mass is 408 g/mol. The lowest BCUT2D eigenvalue weighted by Crippen LogP contribution is -2.50. The fraction of sp³-hybridized carbons (Fsp3) is 0.696. The first-order chi connectivity index (χ1) is 12.9. The zero-order valence-electron chi connectivity index (χ0n) is 17.9. The van der Waals surface area contributed by atoms with Gasteiger partial charge in [-0.3, -0.25) is 4.79 Å². The molecular formula is C23H37ClN2O2. The highest BCUT2D eigenvalue weighted by molar-refractivity contribution is 5.87. The van der Waals surface area contributed by atoms with Crippen LogP contribution in [0.3, 0.4) is 0 Å². The van der Waals surface area contributed by atoms with E-state index in [-0.39, 0.29) is 18.3 Å². The number of amides is 1. The number of hydrogen-bond donors (Lipinski definition) is 1. The predicted octanol–water partition coefficient (Wildman–Crippen LogP) is 4.41. The Morgan fingerprint density at radius 1 is 1.14 bits per heavy atom. The summed E-state index contributed by atoms with van der Waals surface area (Å²) >= 11 is 0. The van der Waals surface area contributed by atoms with E-state index in [1.807, 2.05) is 38.1 Å². The maximum atomic E-state index is 13.2. The van der Waals surface area contributed by atoms with Gasteiger partial charge in [-0.25, -0.2) is 0 Å². The average molecular weight is 409 g/mol. The SMILES string of the molecule is CC(C)COc1ccc(C(C)(C)C(=O)N2CCC(NCC3CC3)CC2)cc1.Cl. The number of carbonyl (C=O) groups is 1. The number of carbonyl (C=O) groups excluding carboxylic acids is 1. The third kappa shape index (κ3) is 6.12. The molecule has 1 saturated carbocycles. The zero-order valence-corrected chi connectivity index (χ0v) is 18.7. The number of halogens is 1. The maximum absolute atomic E-state index is 13.2. The van der Waals surface area contributed by atoms with Crippen LogP contribution in [0.4, 0.5) is 0 Å². The van der Waals surface area contributed by atoms with Crippen LogP contribution in [0.15, 0.2) is 24.3 Å². The topological polar surface area (TPSA) is 41.6 Å². The number of rotatable bonds is 8. The van der Waals surface area contributed by atoms with Gasteiger partial charge in [-0.1, -0.05) is 26.0 Å². The molecule has 1 amide bonds. The van der Waals surface area contributed by atoms with Crippen molar-refractivity contribution in [3.8, 4) is 5.75 Å². The molecule has 0 bridgehead atoms. The second-order valence-corrected chi connectivity index (χ2v) is 9.27. The summed E-state index contributed by atoms with van der Waals surface area (Å²) in [6.07, 6.45) is 4.91. The molecule has 1 aromatic carbocycles. The van der Waals surface area contributed by atoms with E-state index in [1.54, 1.807) is 0 Å². The second-order valence-electron chi connectivity index (χ2n) is 9.27. The Hall–Kier alpha value is -1.26. The first-order valence-corrected chi connectivity index (χ1v) is 10.6. The van der Waals surface area contributed by atoms with E-state index < -0.39 is 5.41 Å². The highest BCUT2D eigenvalue weighted by atomic mass is 35.5. The summed E-state index contributed by atoms with van der Waals surface area (Å²) in [5.74, 6) is 2.53. The molecular weight excluding hydrogens is 372 g/mol. The van der Waals surface area contributed by atoms with E-state index in [1.165, 1.54) is 12.8 Å². The van der Waals surface area contributed by atoms with Crippen molar-refractivity contribution in [2.75, 3.05) is 26.2 Å². The van der Waals surface area contributed by atoms with Crippen molar-refractivity contribution in [3.05, 3.63) is 29.8 Å². The predicted molar refractivity (Wildman–Crippen MR) is 117 cm³/mol. The Balaban J connectivity index is 0.00000280. The van der Waals surface area contributed by atoms with Crippen molar-refractivity contribution in [2.45, 2.75) is 64.8 Å². The molecule has 1 aliphatic heterocycles. The molecule has 5 heteroatoms. The van der Waals surface area contributed by atoms with Gasteiger partial charge in [-0.2, -0.15) is 0 Å². The molecule has 1 saturated heterocycles. The number of nitrogens with zero attached hydrogens (tertiary/aromatic N) is 1. The molecule has 1 aliphatic carbocycles. The average Bonchev–Trinajstić information content (AvgIpc) is 3.49. The molecule has 0 atom stereocenters. The highest BCUT2D eigenvalue weighted by Crippen LogP contribution is 2.30. The zero-order chi connectivity index (χ0) is 19.4. The van der Waals surface area contributed by atoms with E-state index in [0.29, 0.717) is 18.6 Å². The smallest absolute Gasteiger partial charge is 0.232 e. The van der Waals surface area contributed by atoms with Gasteiger partial charge in [0.2, 0.25) is 5.91 Å². The lowest BCUT2D eigenvalue weighted by Gasteiger charge is -2.37. The second kappa shape index (κ2) is 9.98. The molecule has 28 heavy (non-hydrogen) atoms. The van der Waals surface area contributed by atoms with Gasteiger partial charge in [0.15, 0.2) is 0 Å². The fourth-order valence-corrected chi connectivity index (χ4v) is 3.69. The minimum atomic E-state index is -0.509. The molecule has 0 spiro atoms. The minimum Gasteiger partial charge on any atom is -0.493 e. The van der Waals surface area contributed by atoms with Crippen LogP contribution in [0.1, 0.15) is 58.9 Å². The number of likely N-dealkylation sites (tertiary alicyclic amines) is 1. The standard InChI is InChI=1S/C23H36N2O2.ClH/c1-17(2)16-27-21-9-7-19(8-10-21)23(3,4)22(26)25-13-11-20(12-14-25)24-15-18-5-6-18;/h7-10,17-18,20,24H,5-6,11-16H2,1-4H3;1H. The van der Waals surface area contributed by atoms with Gasteiger partial charge < -0.3 is 15.0 Å². The van der Waals surface area contributed by atoms with Crippen molar-refractivity contribution in [2.24, 2.45) is 11.8 Å². The molecule has 3 rings (SSSR count). The van der Waals surface area contributed by atoms with E-state index in [0.717, 1.165) is 49.7 Å². The van der Waals surface area contributed by atoms with E-state index >= 15 is 0 Å². The van der Waals surface area contributed by atoms with Gasteiger partial charge in [0.1, 0.15) is 5.75 Å². The summed E-state index contributed by atoms with van der Waals surface area (Å²) in [5, 5.41) is 3.69. The molecule has 2 fully saturated rings. The number of ether oxygens (including phenoxy) is 1.